The van der Waals surface area contributed by atoms with Crippen molar-refractivity contribution in [1.29, 1.82) is 0 Å². The number of esters is 1. The average Bonchev–Trinajstić information content (AvgIpc) is 2.65. The van der Waals surface area contributed by atoms with Gasteiger partial charge in [-0.25, -0.2) is 4.39 Å². The van der Waals surface area contributed by atoms with Crippen LogP contribution in [0.2, 0.25) is 0 Å². The summed E-state index contributed by atoms with van der Waals surface area (Å²) in [5.41, 5.74) is 0.210. The second kappa shape index (κ2) is 4.76. The smallest absolute Gasteiger partial charge is 0.311 e. The summed E-state index contributed by atoms with van der Waals surface area (Å²) in [5, 5.41) is 0. The number of hydrogen-bond donors (Lipinski definition) is 0. The lowest BCUT2D eigenvalue weighted by Gasteiger charge is -2.24. The van der Waals surface area contributed by atoms with E-state index in [1.165, 1.54) is 24.1 Å². The number of amides is 1. The van der Waals surface area contributed by atoms with Gasteiger partial charge in [-0.15, -0.1) is 0 Å². The topological polar surface area (TPSA) is 46.6 Å². The van der Waals surface area contributed by atoms with Gasteiger partial charge >= 0.3 is 5.97 Å². The van der Waals surface area contributed by atoms with Gasteiger partial charge in [0.25, 0.3) is 0 Å². The minimum atomic E-state index is -0.540. The summed E-state index contributed by atoms with van der Waals surface area (Å²) in [4.78, 5) is 24.8. The molecule has 1 heterocycles. The highest BCUT2D eigenvalue weighted by Crippen LogP contribution is 2.32. The molecular weight excluding hydrogens is 237 g/mol. The molecule has 2 unspecified atom stereocenters. The predicted octanol–water partition coefficient (Wildman–Crippen LogP) is 1.74. The molecule has 1 aromatic carbocycles. The molecule has 1 aliphatic rings. The standard InChI is InChI=1S/C13H14FNO3/c1-8-9(13(17)18-2)7-12(16)15(8)11-6-4-3-5-10(11)14/h3-6,8-9H,7H2,1-2H3. The maximum Gasteiger partial charge on any atom is 0.311 e. The molecule has 0 radical (unpaired) electrons. The molecule has 2 rings (SSSR count). The largest absolute Gasteiger partial charge is 0.469 e. The Morgan fingerprint density at radius 1 is 1.44 bits per heavy atom. The molecule has 0 aliphatic carbocycles. The molecule has 0 spiro atoms. The first-order valence-electron chi connectivity index (χ1n) is 5.70. The van der Waals surface area contributed by atoms with Crippen LogP contribution in [0.25, 0.3) is 0 Å². The Balaban J connectivity index is 2.33. The van der Waals surface area contributed by atoms with Crippen LogP contribution >= 0.6 is 0 Å². The van der Waals surface area contributed by atoms with Crippen molar-refractivity contribution in [2.24, 2.45) is 5.92 Å². The SMILES string of the molecule is COC(=O)C1CC(=O)N(c2ccccc2F)C1C. The number of para-hydroxylation sites is 1. The Hall–Kier alpha value is -1.91. The molecule has 1 saturated heterocycles. The van der Waals surface area contributed by atoms with Gasteiger partial charge in [-0.05, 0) is 19.1 Å². The number of methoxy groups -OCH3 is 1. The number of nitrogens with zero attached hydrogens (tertiary/aromatic N) is 1. The Bertz CT molecular complexity index is 489. The van der Waals surface area contributed by atoms with Gasteiger partial charge in [-0.1, -0.05) is 12.1 Å². The number of benzene rings is 1. The fourth-order valence-corrected chi connectivity index (χ4v) is 2.30. The fourth-order valence-electron chi connectivity index (χ4n) is 2.30. The van der Waals surface area contributed by atoms with Crippen LogP contribution in [-0.2, 0) is 14.3 Å². The summed E-state index contributed by atoms with van der Waals surface area (Å²) in [5.74, 6) is -1.71. The van der Waals surface area contributed by atoms with Crippen LogP contribution in [0.3, 0.4) is 0 Å². The molecule has 0 saturated carbocycles. The van der Waals surface area contributed by atoms with Crippen molar-refractivity contribution in [2.45, 2.75) is 19.4 Å². The molecule has 1 aliphatic heterocycles. The van der Waals surface area contributed by atoms with Crippen molar-refractivity contribution in [3.8, 4) is 0 Å². The van der Waals surface area contributed by atoms with Crippen LogP contribution in [0.15, 0.2) is 24.3 Å². The molecule has 18 heavy (non-hydrogen) atoms. The number of ether oxygens (including phenoxy) is 1. The van der Waals surface area contributed by atoms with E-state index in [1.807, 2.05) is 0 Å². The third kappa shape index (κ3) is 1.96. The van der Waals surface area contributed by atoms with Gasteiger partial charge < -0.3 is 9.64 Å². The fraction of sp³-hybridized carbons (Fsp3) is 0.385. The molecule has 1 aromatic rings. The maximum absolute atomic E-state index is 13.7. The number of carbonyl (C=O) groups is 2. The van der Waals surface area contributed by atoms with Gasteiger partial charge in [0.2, 0.25) is 5.91 Å². The summed E-state index contributed by atoms with van der Waals surface area (Å²) in [6.45, 7) is 1.72. The normalized spacial score (nSPS) is 23.3. The highest BCUT2D eigenvalue weighted by Gasteiger charge is 2.43. The lowest BCUT2D eigenvalue weighted by molar-refractivity contribution is -0.146. The third-order valence-corrected chi connectivity index (χ3v) is 3.27. The molecular formula is C13H14FNO3. The zero-order chi connectivity index (χ0) is 13.3. The molecule has 1 amide bonds. The number of carbonyl (C=O) groups excluding carboxylic acids is 2. The third-order valence-electron chi connectivity index (χ3n) is 3.27. The van der Waals surface area contributed by atoms with E-state index >= 15 is 0 Å². The quantitative estimate of drug-likeness (QED) is 0.752. The summed E-state index contributed by atoms with van der Waals surface area (Å²) in [6.07, 6.45) is 0.0577. The molecule has 96 valence electrons. The van der Waals surface area contributed by atoms with Gasteiger partial charge in [0.05, 0.1) is 18.7 Å². The molecule has 0 N–H and O–H groups in total. The Morgan fingerprint density at radius 3 is 2.72 bits per heavy atom. The lowest BCUT2D eigenvalue weighted by Crippen LogP contribution is -2.35. The van der Waals surface area contributed by atoms with Crippen molar-refractivity contribution >= 4 is 17.6 Å². The van der Waals surface area contributed by atoms with E-state index in [9.17, 15) is 14.0 Å². The van der Waals surface area contributed by atoms with Gasteiger partial charge in [-0.2, -0.15) is 0 Å². The summed E-state index contributed by atoms with van der Waals surface area (Å²) in [6, 6.07) is 5.64. The Labute approximate surface area is 104 Å². The first-order valence-corrected chi connectivity index (χ1v) is 5.70. The van der Waals surface area contributed by atoms with Crippen LogP contribution in [0, 0.1) is 11.7 Å². The summed E-state index contributed by atoms with van der Waals surface area (Å²) >= 11 is 0. The minimum absolute atomic E-state index is 0.0577. The van der Waals surface area contributed by atoms with Gasteiger partial charge in [0.15, 0.2) is 0 Å². The average molecular weight is 251 g/mol. The van der Waals surface area contributed by atoms with Crippen molar-refractivity contribution in [3.05, 3.63) is 30.1 Å². The van der Waals surface area contributed by atoms with Crippen LogP contribution in [0.1, 0.15) is 13.3 Å². The van der Waals surface area contributed by atoms with Crippen LogP contribution in [0.5, 0.6) is 0 Å². The predicted molar refractivity (Wildman–Crippen MR) is 63.5 cm³/mol. The monoisotopic (exact) mass is 251 g/mol. The van der Waals surface area contributed by atoms with Gasteiger partial charge in [0.1, 0.15) is 5.82 Å². The van der Waals surface area contributed by atoms with E-state index < -0.39 is 23.7 Å². The molecule has 0 bridgehead atoms. The highest BCUT2D eigenvalue weighted by molar-refractivity contribution is 6.00. The Kier molecular flexibility index (Phi) is 3.32. The van der Waals surface area contributed by atoms with E-state index in [0.29, 0.717) is 0 Å². The number of halogens is 1. The van der Waals surface area contributed by atoms with E-state index in [1.54, 1.807) is 19.1 Å². The molecule has 5 heteroatoms. The van der Waals surface area contributed by atoms with Crippen LogP contribution in [0.4, 0.5) is 10.1 Å². The number of anilines is 1. The maximum atomic E-state index is 13.7. The molecule has 4 nitrogen and oxygen atoms in total. The zero-order valence-electron chi connectivity index (χ0n) is 10.2. The first-order chi connectivity index (χ1) is 8.56. The van der Waals surface area contributed by atoms with Crippen molar-refractivity contribution in [3.63, 3.8) is 0 Å². The molecule has 0 aromatic heterocycles. The number of hydrogen-bond acceptors (Lipinski definition) is 3. The van der Waals surface area contributed by atoms with Crippen LogP contribution < -0.4 is 4.90 Å². The van der Waals surface area contributed by atoms with E-state index in [2.05, 4.69) is 4.74 Å². The van der Waals surface area contributed by atoms with E-state index in [0.717, 1.165) is 0 Å². The zero-order valence-corrected chi connectivity index (χ0v) is 10.2. The molecule has 1 fully saturated rings. The van der Waals surface area contributed by atoms with Gasteiger partial charge in [-0.3, -0.25) is 9.59 Å². The van der Waals surface area contributed by atoms with Gasteiger partial charge in [0, 0.05) is 12.5 Å². The second-order valence-corrected chi connectivity index (χ2v) is 4.29. The van der Waals surface area contributed by atoms with E-state index in [-0.39, 0.29) is 18.0 Å². The lowest BCUT2D eigenvalue weighted by atomic mass is 10.0. The summed E-state index contributed by atoms with van der Waals surface area (Å²) < 4.78 is 18.3. The summed E-state index contributed by atoms with van der Waals surface area (Å²) in [7, 11) is 1.28. The second-order valence-electron chi connectivity index (χ2n) is 4.29. The van der Waals surface area contributed by atoms with Crippen LogP contribution in [-0.4, -0.2) is 25.0 Å². The highest BCUT2D eigenvalue weighted by atomic mass is 19.1. The minimum Gasteiger partial charge on any atom is -0.469 e. The van der Waals surface area contributed by atoms with Crippen molar-refractivity contribution in [2.75, 3.05) is 12.0 Å². The number of rotatable bonds is 2. The Morgan fingerprint density at radius 2 is 2.11 bits per heavy atom. The van der Waals surface area contributed by atoms with Crippen molar-refractivity contribution < 1.29 is 18.7 Å². The van der Waals surface area contributed by atoms with E-state index in [4.69, 9.17) is 0 Å². The first kappa shape index (κ1) is 12.5. The van der Waals surface area contributed by atoms with Crippen molar-refractivity contribution in [1.82, 2.24) is 0 Å². The molecule has 2 atom stereocenters.